The summed E-state index contributed by atoms with van der Waals surface area (Å²) in [5.41, 5.74) is 3.73. The van der Waals surface area contributed by atoms with Crippen molar-refractivity contribution >= 4 is 5.69 Å². The van der Waals surface area contributed by atoms with Crippen molar-refractivity contribution in [1.82, 2.24) is 0 Å². The molecule has 0 bridgehead atoms. The van der Waals surface area contributed by atoms with Gasteiger partial charge in [0.15, 0.2) is 0 Å². The Kier molecular flexibility index (Phi) is 4.37. The maximum Gasteiger partial charge on any atom is 0.103 e. The zero-order valence-corrected chi connectivity index (χ0v) is 10.5. The topological polar surface area (TPSA) is 35.8 Å². The first-order chi connectivity index (χ1) is 7.57. The number of rotatable bonds is 4. The maximum absolute atomic E-state index is 8.67. The summed E-state index contributed by atoms with van der Waals surface area (Å²) in [5, 5.41) is 11.9. The Morgan fingerprint density at radius 2 is 1.62 bits per heavy atom. The first-order valence-electron chi connectivity index (χ1n) is 5.81. The number of hydrogen-bond acceptors (Lipinski definition) is 2. The van der Waals surface area contributed by atoms with Crippen LogP contribution in [-0.2, 0) is 0 Å². The Balaban J connectivity index is 3.19. The number of para-hydroxylation sites is 1. The minimum absolute atomic E-state index is 0.365. The molecular formula is C14H20N2. The third-order valence-electron chi connectivity index (χ3n) is 2.72. The molecule has 0 heterocycles. The molecule has 1 aromatic rings. The first-order valence-corrected chi connectivity index (χ1v) is 5.81. The fourth-order valence-electron chi connectivity index (χ4n) is 1.88. The van der Waals surface area contributed by atoms with Gasteiger partial charge < -0.3 is 5.32 Å². The van der Waals surface area contributed by atoms with Gasteiger partial charge in [0.05, 0.1) is 6.07 Å². The monoisotopic (exact) mass is 216 g/mol. The molecule has 0 aliphatic heterocycles. The van der Waals surface area contributed by atoms with E-state index in [0.29, 0.717) is 18.4 Å². The van der Waals surface area contributed by atoms with Crippen LogP contribution in [0.1, 0.15) is 50.7 Å². The van der Waals surface area contributed by atoms with Gasteiger partial charge in [-0.05, 0) is 23.0 Å². The van der Waals surface area contributed by atoms with E-state index in [4.69, 9.17) is 5.26 Å². The molecule has 0 spiro atoms. The van der Waals surface area contributed by atoms with Crippen molar-refractivity contribution in [2.24, 2.45) is 0 Å². The van der Waals surface area contributed by atoms with E-state index in [1.165, 1.54) is 11.1 Å². The van der Waals surface area contributed by atoms with Crippen molar-refractivity contribution < 1.29 is 0 Å². The lowest BCUT2D eigenvalue weighted by atomic mass is 9.92. The van der Waals surface area contributed by atoms with E-state index < -0.39 is 0 Å². The van der Waals surface area contributed by atoms with Crippen LogP contribution in [0.5, 0.6) is 0 Å². The molecule has 0 aromatic heterocycles. The second-order valence-electron chi connectivity index (χ2n) is 4.63. The van der Waals surface area contributed by atoms with Gasteiger partial charge in [-0.15, -0.1) is 0 Å². The molecule has 0 aliphatic carbocycles. The number of anilines is 1. The normalized spacial score (nSPS) is 10.6. The zero-order valence-electron chi connectivity index (χ0n) is 10.5. The lowest BCUT2D eigenvalue weighted by Crippen LogP contribution is -2.07. The van der Waals surface area contributed by atoms with Crippen molar-refractivity contribution in [2.75, 3.05) is 11.9 Å². The quantitative estimate of drug-likeness (QED) is 0.775. The Morgan fingerprint density at radius 1 is 1.12 bits per heavy atom. The van der Waals surface area contributed by atoms with Crippen molar-refractivity contribution in [2.45, 2.75) is 39.5 Å². The average Bonchev–Trinajstić information content (AvgIpc) is 2.25. The summed E-state index contributed by atoms with van der Waals surface area (Å²) >= 11 is 0. The molecule has 1 rings (SSSR count). The highest BCUT2D eigenvalue weighted by molar-refractivity contribution is 5.60. The number of hydrogen-bond donors (Lipinski definition) is 1. The van der Waals surface area contributed by atoms with Crippen LogP contribution in [0.4, 0.5) is 5.69 Å². The highest BCUT2D eigenvalue weighted by Crippen LogP contribution is 2.31. The van der Waals surface area contributed by atoms with Gasteiger partial charge in [0.2, 0.25) is 0 Å². The van der Waals surface area contributed by atoms with E-state index in [0.717, 1.165) is 5.69 Å². The Morgan fingerprint density at radius 3 is 2.00 bits per heavy atom. The Bertz CT molecular complexity index is 360. The second kappa shape index (κ2) is 5.55. The van der Waals surface area contributed by atoms with Crippen LogP contribution in [0.2, 0.25) is 0 Å². The molecule has 1 N–H and O–H groups in total. The van der Waals surface area contributed by atoms with Crippen molar-refractivity contribution in [3.8, 4) is 6.07 Å². The van der Waals surface area contributed by atoms with Crippen LogP contribution in [0.15, 0.2) is 18.2 Å². The van der Waals surface area contributed by atoms with Gasteiger partial charge >= 0.3 is 0 Å². The molecule has 0 radical (unpaired) electrons. The molecule has 0 atom stereocenters. The summed E-state index contributed by atoms with van der Waals surface area (Å²) in [6.07, 6.45) is 0. The van der Waals surface area contributed by atoms with E-state index in [2.05, 4.69) is 57.3 Å². The van der Waals surface area contributed by atoms with Crippen LogP contribution in [0, 0.1) is 11.3 Å². The number of nitrogens with one attached hydrogen (secondary N) is 1. The van der Waals surface area contributed by atoms with Crippen molar-refractivity contribution in [3.05, 3.63) is 29.3 Å². The Labute approximate surface area is 98.3 Å². The molecule has 0 saturated heterocycles. The van der Waals surface area contributed by atoms with Crippen molar-refractivity contribution in [1.29, 1.82) is 5.26 Å². The third kappa shape index (κ3) is 2.76. The van der Waals surface area contributed by atoms with Crippen LogP contribution >= 0.6 is 0 Å². The molecule has 0 unspecified atom stereocenters. The molecular weight excluding hydrogens is 196 g/mol. The zero-order chi connectivity index (χ0) is 12.1. The third-order valence-corrected chi connectivity index (χ3v) is 2.72. The van der Waals surface area contributed by atoms with Gasteiger partial charge in [-0.1, -0.05) is 45.9 Å². The van der Waals surface area contributed by atoms with Gasteiger partial charge in [0.25, 0.3) is 0 Å². The number of benzene rings is 1. The fourth-order valence-corrected chi connectivity index (χ4v) is 1.88. The number of nitriles is 1. The Hall–Kier alpha value is -1.49. The smallest absolute Gasteiger partial charge is 0.103 e. The van der Waals surface area contributed by atoms with E-state index in [1.807, 2.05) is 0 Å². The molecule has 0 fully saturated rings. The number of nitrogens with zero attached hydrogens (tertiary/aromatic N) is 1. The van der Waals surface area contributed by atoms with Gasteiger partial charge in [-0.3, -0.25) is 0 Å². The second-order valence-corrected chi connectivity index (χ2v) is 4.63. The fraction of sp³-hybridized carbons (Fsp3) is 0.500. The van der Waals surface area contributed by atoms with Crippen LogP contribution in [0.25, 0.3) is 0 Å². The van der Waals surface area contributed by atoms with Gasteiger partial charge in [0, 0.05) is 5.69 Å². The first kappa shape index (κ1) is 12.6. The highest BCUT2D eigenvalue weighted by Gasteiger charge is 2.12. The van der Waals surface area contributed by atoms with E-state index in [-0.39, 0.29) is 0 Å². The van der Waals surface area contributed by atoms with Gasteiger partial charge in [0.1, 0.15) is 6.54 Å². The highest BCUT2D eigenvalue weighted by atomic mass is 14.9. The molecule has 0 aliphatic rings. The van der Waals surface area contributed by atoms with Crippen LogP contribution in [0.3, 0.4) is 0 Å². The lowest BCUT2D eigenvalue weighted by Gasteiger charge is -2.19. The molecule has 2 heteroatoms. The van der Waals surface area contributed by atoms with E-state index in [1.54, 1.807) is 0 Å². The molecule has 0 amide bonds. The molecule has 1 aromatic carbocycles. The average molecular weight is 216 g/mol. The molecule has 2 nitrogen and oxygen atoms in total. The molecule has 86 valence electrons. The van der Waals surface area contributed by atoms with Crippen molar-refractivity contribution in [3.63, 3.8) is 0 Å². The lowest BCUT2D eigenvalue weighted by molar-refractivity contribution is 0.835. The SMILES string of the molecule is CC(C)c1cccc(C(C)C)c1NCC#N. The largest absolute Gasteiger partial charge is 0.372 e. The van der Waals surface area contributed by atoms with E-state index in [9.17, 15) is 0 Å². The summed E-state index contributed by atoms with van der Waals surface area (Å²) < 4.78 is 0. The predicted molar refractivity (Wildman–Crippen MR) is 68.7 cm³/mol. The van der Waals surface area contributed by atoms with Gasteiger partial charge in [-0.2, -0.15) is 5.26 Å². The van der Waals surface area contributed by atoms with E-state index >= 15 is 0 Å². The maximum atomic E-state index is 8.67. The molecule has 0 saturated carbocycles. The minimum atomic E-state index is 0.365. The van der Waals surface area contributed by atoms with Crippen LogP contribution < -0.4 is 5.32 Å². The summed E-state index contributed by atoms with van der Waals surface area (Å²) in [6.45, 7) is 9.07. The van der Waals surface area contributed by atoms with Crippen LogP contribution in [-0.4, -0.2) is 6.54 Å². The predicted octanol–water partition coefficient (Wildman–Crippen LogP) is 3.87. The summed E-state index contributed by atoms with van der Waals surface area (Å²) in [4.78, 5) is 0. The minimum Gasteiger partial charge on any atom is -0.372 e. The summed E-state index contributed by atoms with van der Waals surface area (Å²) in [5.74, 6) is 0.944. The summed E-state index contributed by atoms with van der Waals surface area (Å²) in [7, 11) is 0. The van der Waals surface area contributed by atoms with Gasteiger partial charge in [-0.25, -0.2) is 0 Å². The summed E-state index contributed by atoms with van der Waals surface area (Å²) in [6, 6.07) is 8.51. The standard InChI is InChI=1S/C14H20N2/c1-10(2)12-6-5-7-13(11(3)4)14(12)16-9-8-15/h5-7,10-11,16H,9H2,1-4H3. The molecule has 16 heavy (non-hydrogen) atoms.